The third-order valence-electron chi connectivity index (χ3n) is 4.00. The predicted octanol–water partition coefficient (Wildman–Crippen LogP) is 3.87. The van der Waals surface area contributed by atoms with E-state index in [1.54, 1.807) is 0 Å². The van der Waals surface area contributed by atoms with Crippen molar-refractivity contribution in [3.63, 3.8) is 0 Å². The van der Waals surface area contributed by atoms with Crippen LogP contribution in [0.5, 0.6) is 0 Å². The lowest BCUT2D eigenvalue weighted by molar-refractivity contribution is -0.137. The molecule has 3 nitrogen and oxygen atoms in total. The van der Waals surface area contributed by atoms with Crippen LogP contribution in [0.3, 0.4) is 0 Å². The number of nitrogens with one attached hydrogen (secondary N) is 1. The van der Waals surface area contributed by atoms with Gasteiger partial charge in [0.25, 0.3) is 5.91 Å². The maximum Gasteiger partial charge on any atom is 0.416 e. The second-order valence-electron chi connectivity index (χ2n) is 5.67. The van der Waals surface area contributed by atoms with Gasteiger partial charge in [-0.3, -0.25) is 4.79 Å². The Labute approximate surface area is 144 Å². The Hall–Kier alpha value is -1.34. The fourth-order valence-corrected chi connectivity index (χ4v) is 2.83. The number of rotatable bonds is 4. The number of amides is 1. The molecule has 136 valence electrons. The number of halogens is 5. The highest BCUT2D eigenvalue weighted by atomic mass is 35.5. The first-order chi connectivity index (χ1) is 10.8. The zero-order valence-corrected chi connectivity index (χ0v) is 14.1. The fraction of sp³-hybridized carbons (Fsp3) is 0.562. The highest BCUT2D eigenvalue weighted by Crippen LogP contribution is 2.31. The number of nitrogens with zero attached hydrogens (tertiary/aromatic N) is 1. The Balaban J connectivity index is 0.00000288. The Morgan fingerprint density at radius 2 is 1.92 bits per heavy atom. The van der Waals surface area contributed by atoms with Crippen LogP contribution in [0.2, 0.25) is 0 Å². The molecule has 0 aromatic heterocycles. The standard InChI is InChI=1S/C16H20F4N2O.ClH/c1-2-9-22(12-5-7-21-8-6-12)15(23)13-10-11(16(18,19)20)3-4-14(13)17;/h3-4,10,12,21H,2,5-9H2,1H3;1H. The highest BCUT2D eigenvalue weighted by Gasteiger charge is 2.33. The number of carbonyl (C=O) groups excluding carboxylic acids is 1. The van der Waals surface area contributed by atoms with E-state index in [1.807, 2.05) is 6.92 Å². The van der Waals surface area contributed by atoms with Crippen LogP contribution in [0.25, 0.3) is 0 Å². The van der Waals surface area contributed by atoms with Gasteiger partial charge >= 0.3 is 6.18 Å². The number of benzene rings is 1. The van der Waals surface area contributed by atoms with E-state index in [-0.39, 0.29) is 18.4 Å². The lowest BCUT2D eigenvalue weighted by atomic mass is 10.0. The van der Waals surface area contributed by atoms with Gasteiger partial charge in [0, 0.05) is 12.6 Å². The molecule has 8 heteroatoms. The summed E-state index contributed by atoms with van der Waals surface area (Å²) in [7, 11) is 0. The smallest absolute Gasteiger partial charge is 0.335 e. The molecule has 1 fully saturated rings. The van der Waals surface area contributed by atoms with Gasteiger partial charge in [-0.2, -0.15) is 13.2 Å². The molecule has 0 saturated carbocycles. The number of hydrogen-bond acceptors (Lipinski definition) is 2. The van der Waals surface area contributed by atoms with E-state index in [9.17, 15) is 22.4 Å². The Bertz CT molecular complexity index is 559. The van der Waals surface area contributed by atoms with Crippen LogP contribution in [0.1, 0.15) is 42.1 Å². The molecule has 1 aromatic rings. The Morgan fingerprint density at radius 1 is 1.29 bits per heavy atom. The van der Waals surface area contributed by atoms with Gasteiger partial charge in [-0.05, 0) is 50.6 Å². The number of hydrogen-bond donors (Lipinski definition) is 1. The van der Waals surface area contributed by atoms with Crippen LogP contribution in [0.15, 0.2) is 18.2 Å². The average molecular weight is 369 g/mol. The normalized spacial score (nSPS) is 15.7. The van der Waals surface area contributed by atoms with Gasteiger partial charge in [0.15, 0.2) is 0 Å². The van der Waals surface area contributed by atoms with Gasteiger partial charge < -0.3 is 10.2 Å². The molecule has 0 radical (unpaired) electrons. The summed E-state index contributed by atoms with van der Waals surface area (Å²) in [5.74, 6) is -1.58. The second kappa shape index (κ2) is 8.67. The molecule has 1 aromatic carbocycles. The minimum atomic E-state index is -4.60. The van der Waals surface area contributed by atoms with E-state index >= 15 is 0 Å². The largest absolute Gasteiger partial charge is 0.416 e. The number of alkyl halides is 3. The van der Waals surface area contributed by atoms with E-state index < -0.39 is 29.0 Å². The average Bonchev–Trinajstić information content (AvgIpc) is 2.52. The fourth-order valence-electron chi connectivity index (χ4n) is 2.83. The molecule has 0 bridgehead atoms. The minimum absolute atomic E-state index is 0. The van der Waals surface area contributed by atoms with Gasteiger partial charge in [0.2, 0.25) is 0 Å². The van der Waals surface area contributed by atoms with E-state index in [2.05, 4.69) is 5.32 Å². The predicted molar refractivity (Wildman–Crippen MR) is 85.9 cm³/mol. The van der Waals surface area contributed by atoms with Crippen molar-refractivity contribution in [2.24, 2.45) is 0 Å². The summed E-state index contributed by atoms with van der Waals surface area (Å²) >= 11 is 0. The quantitative estimate of drug-likeness (QED) is 0.818. The molecule has 1 aliphatic rings. The topological polar surface area (TPSA) is 32.3 Å². The lowest BCUT2D eigenvalue weighted by Crippen LogP contribution is -2.46. The summed E-state index contributed by atoms with van der Waals surface area (Å²) in [6.07, 6.45) is -2.51. The summed E-state index contributed by atoms with van der Waals surface area (Å²) in [5.41, 5.74) is -1.52. The second-order valence-corrected chi connectivity index (χ2v) is 5.67. The third-order valence-corrected chi connectivity index (χ3v) is 4.00. The van der Waals surface area contributed by atoms with Crippen molar-refractivity contribution < 1.29 is 22.4 Å². The number of carbonyl (C=O) groups is 1. The Kier molecular flexibility index (Phi) is 7.48. The molecule has 1 amide bonds. The molecule has 24 heavy (non-hydrogen) atoms. The Morgan fingerprint density at radius 3 is 2.46 bits per heavy atom. The molecule has 0 aliphatic carbocycles. The number of piperidine rings is 1. The molecule has 2 rings (SSSR count). The molecular formula is C16H21ClF4N2O. The maximum atomic E-state index is 13.9. The third kappa shape index (κ3) is 4.83. The molecule has 1 heterocycles. The van der Waals surface area contributed by atoms with Gasteiger partial charge in [0.1, 0.15) is 5.82 Å². The zero-order valence-electron chi connectivity index (χ0n) is 13.3. The van der Waals surface area contributed by atoms with E-state index in [4.69, 9.17) is 0 Å². The van der Waals surface area contributed by atoms with Crippen molar-refractivity contribution in [2.45, 2.75) is 38.4 Å². The van der Waals surface area contributed by atoms with Gasteiger partial charge in [-0.15, -0.1) is 12.4 Å². The molecule has 1 aliphatic heterocycles. The van der Waals surface area contributed by atoms with E-state index in [1.165, 1.54) is 4.90 Å². The summed E-state index contributed by atoms with van der Waals surface area (Å²) in [6, 6.07) is 1.91. The summed E-state index contributed by atoms with van der Waals surface area (Å²) < 4.78 is 52.4. The van der Waals surface area contributed by atoms with Gasteiger partial charge in [-0.1, -0.05) is 6.92 Å². The van der Waals surface area contributed by atoms with Crippen molar-refractivity contribution in [2.75, 3.05) is 19.6 Å². The monoisotopic (exact) mass is 368 g/mol. The van der Waals surface area contributed by atoms with E-state index in [0.29, 0.717) is 44.0 Å². The van der Waals surface area contributed by atoms with E-state index in [0.717, 1.165) is 13.1 Å². The molecule has 0 unspecified atom stereocenters. The van der Waals surface area contributed by atoms with Crippen LogP contribution >= 0.6 is 12.4 Å². The first-order valence-electron chi connectivity index (χ1n) is 7.73. The molecule has 1 N–H and O–H groups in total. The SMILES string of the molecule is CCCN(C(=O)c1cc(C(F)(F)F)ccc1F)C1CCNCC1.Cl. The first-order valence-corrected chi connectivity index (χ1v) is 7.73. The minimum Gasteiger partial charge on any atom is -0.335 e. The summed E-state index contributed by atoms with van der Waals surface area (Å²) in [4.78, 5) is 14.1. The molecule has 0 atom stereocenters. The van der Waals surface area contributed by atoms with Crippen molar-refractivity contribution in [3.8, 4) is 0 Å². The van der Waals surface area contributed by atoms with Crippen LogP contribution in [-0.4, -0.2) is 36.5 Å². The van der Waals surface area contributed by atoms with Crippen molar-refractivity contribution in [1.82, 2.24) is 10.2 Å². The van der Waals surface area contributed by atoms with Crippen LogP contribution in [-0.2, 0) is 6.18 Å². The maximum absolute atomic E-state index is 13.9. The highest BCUT2D eigenvalue weighted by molar-refractivity contribution is 5.95. The van der Waals surface area contributed by atoms with Crippen LogP contribution in [0, 0.1) is 5.82 Å². The zero-order chi connectivity index (χ0) is 17.0. The van der Waals surface area contributed by atoms with Crippen LogP contribution < -0.4 is 5.32 Å². The molecule has 1 saturated heterocycles. The van der Waals surface area contributed by atoms with Crippen molar-refractivity contribution in [1.29, 1.82) is 0 Å². The van der Waals surface area contributed by atoms with Crippen LogP contribution in [0.4, 0.5) is 17.6 Å². The van der Waals surface area contributed by atoms with Gasteiger partial charge in [-0.25, -0.2) is 4.39 Å². The molecular weight excluding hydrogens is 348 g/mol. The van der Waals surface area contributed by atoms with Crippen molar-refractivity contribution >= 4 is 18.3 Å². The first kappa shape index (κ1) is 20.7. The van der Waals surface area contributed by atoms with Gasteiger partial charge in [0.05, 0.1) is 11.1 Å². The summed E-state index contributed by atoms with van der Waals surface area (Å²) in [5, 5.41) is 3.17. The lowest BCUT2D eigenvalue weighted by Gasteiger charge is -2.34. The van der Waals surface area contributed by atoms with Crippen molar-refractivity contribution in [3.05, 3.63) is 35.1 Å². The summed E-state index contributed by atoms with van der Waals surface area (Å²) in [6.45, 7) is 3.76. The molecule has 0 spiro atoms.